The number of aromatic nitrogens is 1. The third-order valence-electron chi connectivity index (χ3n) is 3.87. The van der Waals surface area contributed by atoms with Gasteiger partial charge in [0.1, 0.15) is 16.8 Å². The lowest BCUT2D eigenvalue weighted by atomic mass is 9.97. The smallest absolute Gasteiger partial charge is 0.118 e. The molecule has 0 N–H and O–H groups in total. The molecule has 0 atom stereocenters. The number of nitrogens with zero attached hydrogens (tertiary/aromatic N) is 3. The second-order valence-corrected chi connectivity index (χ2v) is 6.53. The zero-order valence-corrected chi connectivity index (χ0v) is 15.2. The van der Waals surface area contributed by atoms with Crippen molar-refractivity contribution in [1.29, 1.82) is 5.26 Å². The summed E-state index contributed by atoms with van der Waals surface area (Å²) < 4.78 is 5.23. The van der Waals surface area contributed by atoms with Crippen LogP contribution in [0.4, 0.5) is 0 Å². The Balaban J connectivity index is 2.15. The fraction of sp³-hybridized carbons (Fsp3) is 0.0952. The second-order valence-electron chi connectivity index (χ2n) is 5.47. The van der Waals surface area contributed by atoms with Gasteiger partial charge in [-0.05, 0) is 36.5 Å². The molecule has 0 saturated heterocycles. The Morgan fingerprint density at radius 2 is 1.88 bits per heavy atom. The molecule has 3 rings (SSSR count). The Morgan fingerprint density at radius 1 is 1.15 bits per heavy atom. The van der Waals surface area contributed by atoms with E-state index >= 15 is 0 Å². The number of nitriles is 1. The van der Waals surface area contributed by atoms with Crippen LogP contribution in [0, 0.1) is 11.3 Å². The van der Waals surface area contributed by atoms with Crippen molar-refractivity contribution >= 4 is 18.5 Å². The molecular formula is C21H17N3OS. The van der Waals surface area contributed by atoms with E-state index in [0.29, 0.717) is 12.1 Å². The fourth-order valence-electron chi connectivity index (χ4n) is 2.65. The van der Waals surface area contributed by atoms with Gasteiger partial charge < -0.3 is 4.74 Å². The molecule has 0 fully saturated rings. The van der Waals surface area contributed by atoms with Crippen molar-refractivity contribution in [2.75, 3.05) is 7.11 Å². The number of pyridine rings is 1. The zero-order chi connectivity index (χ0) is 18.4. The number of aliphatic imine (C=N–C) groups is 1. The predicted molar refractivity (Wildman–Crippen MR) is 105 cm³/mol. The van der Waals surface area contributed by atoms with E-state index in [-0.39, 0.29) is 0 Å². The molecule has 0 spiro atoms. The van der Waals surface area contributed by atoms with Gasteiger partial charge in [0.25, 0.3) is 0 Å². The van der Waals surface area contributed by atoms with E-state index in [1.807, 2.05) is 54.6 Å². The van der Waals surface area contributed by atoms with Crippen molar-refractivity contribution in [1.82, 2.24) is 4.98 Å². The van der Waals surface area contributed by atoms with E-state index in [9.17, 15) is 5.26 Å². The second kappa shape index (κ2) is 8.32. The summed E-state index contributed by atoms with van der Waals surface area (Å²) in [5.74, 6) is 0.767. The van der Waals surface area contributed by atoms with Crippen molar-refractivity contribution in [3.63, 3.8) is 0 Å². The maximum Gasteiger partial charge on any atom is 0.118 e. The molecule has 4 nitrogen and oxygen atoms in total. The molecule has 2 aromatic carbocycles. The normalized spacial score (nSPS) is 10.2. The molecule has 26 heavy (non-hydrogen) atoms. The highest BCUT2D eigenvalue weighted by Crippen LogP contribution is 2.37. The fourth-order valence-corrected chi connectivity index (χ4v) is 3.57. The van der Waals surface area contributed by atoms with Crippen LogP contribution >= 0.6 is 11.8 Å². The number of ether oxygens (including phenoxy) is 1. The largest absolute Gasteiger partial charge is 0.497 e. The zero-order valence-electron chi connectivity index (χ0n) is 14.3. The molecule has 0 radical (unpaired) electrons. The molecular weight excluding hydrogens is 342 g/mol. The lowest BCUT2D eigenvalue weighted by Crippen LogP contribution is -1.99. The summed E-state index contributed by atoms with van der Waals surface area (Å²) in [5.41, 5.74) is 3.19. The molecule has 3 aromatic rings. The third-order valence-corrected chi connectivity index (χ3v) is 4.92. The van der Waals surface area contributed by atoms with Gasteiger partial charge in [0.05, 0.1) is 19.2 Å². The van der Waals surface area contributed by atoms with Gasteiger partial charge in [-0.1, -0.05) is 42.1 Å². The van der Waals surface area contributed by atoms with Gasteiger partial charge >= 0.3 is 0 Å². The molecule has 128 valence electrons. The van der Waals surface area contributed by atoms with E-state index < -0.39 is 0 Å². The molecule has 0 aliphatic carbocycles. The first-order valence-corrected chi connectivity index (χ1v) is 8.80. The predicted octanol–water partition coefficient (Wildman–Crippen LogP) is 4.98. The Kier molecular flexibility index (Phi) is 5.67. The first kappa shape index (κ1) is 17.7. The van der Waals surface area contributed by atoms with E-state index in [0.717, 1.165) is 32.4 Å². The molecule has 0 amide bonds. The first-order chi connectivity index (χ1) is 12.8. The first-order valence-electron chi connectivity index (χ1n) is 7.98. The minimum atomic E-state index is 0.388. The van der Waals surface area contributed by atoms with Gasteiger partial charge in [-0.15, -0.1) is 0 Å². The van der Waals surface area contributed by atoms with Crippen molar-refractivity contribution in [2.45, 2.75) is 16.5 Å². The maximum atomic E-state index is 9.59. The van der Waals surface area contributed by atoms with Gasteiger partial charge in [-0.2, -0.15) is 5.26 Å². The Labute approximate surface area is 157 Å². The lowest BCUT2D eigenvalue weighted by molar-refractivity contribution is 0.415. The van der Waals surface area contributed by atoms with Gasteiger partial charge in [0.2, 0.25) is 0 Å². The van der Waals surface area contributed by atoms with E-state index in [4.69, 9.17) is 4.74 Å². The highest BCUT2D eigenvalue weighted by Gasteiger charge is 2.17. The summed E-state index contributed by atoms with van der Waals surface area (Å²) >= 11 is 1.56. The van der Waals surface area contributed by atoms with Crippen molar-refractivity contribution < 1.29 is 4.74 Å². The van der Waals surface area contributed by atoms with E-state index in [1.165, 1.54) is 0 Å². The van der Waals surface area contributed by atoms with Crippen LogP contribution in [0.3, 0.4) is 0 Å². The minimum absolute atomic E-state index is 0.388. The van der Waals surface area contributed by atoms with Gasteiger partial charge in [-0.3, -0.25) is 4.99 Å². The van der Waals surface area contributed by atoms with Gasteiger partial charge in [0.15, 0.2) is 0 Å². The average Bonchev–Trinajstić information content (AvgIpc) is 2.70. The number of hydrogen-bond donors (Lipinski definition) is 0. The van der Waals surface area contributed by atoms with Crippen LogP contribution in [0.25, 0.3) is 11.1 Å². The summed E-state index contributed by atoms with van der Waals surface area (Å²) in [6.45, 7) is 4.02. The standard InChI is InChI=1S/C21H17N3OS/c1-23-14-19-20(15-8-10-17(25-2)11-9-15)16(12-22)13-24-21(19)26-18-6-4-3-5-7-18/h3-11,13H,1,14H2,2H3. The molecule has 1 aromatic heterocycles. The highest BCUT2D eigenvalue weighted by atomic mass is 32.2. The summed E-state index contributed by atoms with van der Waals surface area (Å²) in [6.07, 6.45) is 1.62. The summed E-state index contributed by atoms with van der Waals surface area (Å²) in [6, 6.07) is 19.9. The van der Waals surface area contributed by atoms with Crippen LogP contribution in [-0.4, -0.2) is 18.8 Å². The van der Waals surface area contributed by atoms with Crippen LogP contribution in [0.2, 0.25) is 0 Å². The number of hydrogen-bond acceptors (Lipinski definition) is 5. The van der Waals surface area contributed by atoms with Gasteiger partial charge in [0, 0.05) is 22.2 Å². The van der Waals surface area contributed by atoms with Gasteiger partial charge in [-0.25, -0.2) is 4.98 Å². The monoisotopic (exact) mass is 359 g/mol. The highest BCUT2D eigenvalue weighted by molar-refractivity contribution is 7.99. The summed E-state index contributed by atoms with van der Waals surface area (Å²) in [4.78, 5) is 9.66. The van der Waals surface area contributed by atoms with Crippen molar-refractivity contribution in [3.05, 3.63) is 71.9 Å². The quantitative estimate of drug-likeness (QED) is 0.582. The molecule has 0 saturated carbocycles. The SMILES string of the molecule is C=NCc1c(Sc2ccccc2)ncc(C#N)c1-c1ccc(OC)cc1. The van der Waals surface area contributed by atoms with Crippen LogP contribution in [0.1, 0.15) is 11.1 Å². The van der Waals surface area contributed by atoms with Crippen LogP contribution in [0.15, 0.2) is 75.7 Å². The van der Waals surface area contributed by atoms with Crippen LogP contribution in [-0.2, 0) is 6.54 Å². The molecule has 0 bridgehead atoms. The Hall–Kier alpha value is -3.10. The number of rotatable bonds is 6. The summed E-state index contributed by atoms with van der Waals surface area (Å²) in [7, 11) is 1.63. The minimum Gasteiger partial charge on any atom is -0.497 e. The van der Waals surface area contributed by atoms with Crippen molar-refractivity contribution in [2.24, 2.45) is 4.99 Å². The number of methoxy groups -OCH3 is 1. The maximum absolute atomic E-state index is 9.59. The molecule has 1 heterocycles. The average molecular weight is 359 g/mol. The third kappa shape index (κ3) is 3.76. The molecule has 0 aliphatic heterocycles. The Bertz CT molecular complexity index is 947. The number of benzene rings is 2. The topological polar surface area (TPSA) is 58.3 Å². The Morgan fingerprint density at radius 3 is 2.50 bits per heavy atom. The summed E-state index contributed by atoms with van der Waals surface area (Å²) in [5, 5.41) is 10.4. The molecule has 0 unspecified atom stereocenters. The van der Waals surface area contributed by atoms with Crippen LogP contribution in [0.5, 0.6) is 5.75 Å². The van der Waals surface area contributed by atoms with Crippen molar-refractivity contribution in [3.8, 4) is 22.9 Å². The van der Waals surface area contributed by atoms with Crippen LogP contribution < -0.4 is 4.74 Å². The van der Waals surface area contributed by atoms with E-state index in [2.05, 4.69) is 22.8 Å². The molecule has 0 aliphatic rings. The molecule has 5 heteroatoms. The van der Waals surface area contributed by atoms with E-state index in [1.54, 1.807) is 25.1 Å². The lowest BCUT2D eigenvalue weighted by Gasteiger charge is -2.14.